The molecule has 1 aliphatic heterocycles. The summed E-state index contributed by atoms with van der Waals surface area (Å²) in [6, 6.07) is 0. The van der Waals surface area contributed by atoms with Crippen LogP contribution in [0.3, 0.4) is 0 Å². The molecule has 0 aromatic heterocycles. The number of rotatable bonds is 7. The number of hydrogen-bond donors (Lipinski definition) is 0. The molecule has 6 heteroatoms. The predicted molar refractivity (Wildman–Crippen MR) is 84.8 cm³/mol. The molecular formula is C15H28N2O3S. The molecule has 0 radical (unpaired) electrons. The summed E-state index contributed by atoms with van der Waals surface area (Å²) in [6.45, 7) is 4.62. The van der Waals surface area contributed by atoms with Crippen LogP contribution in [-0.2, 0) is 14.8 Å². The quantitative estimate of drug-likeness (QED) is 0.525. The summed E-state index contributed by atoms with van der Waals surface area (Å²) < 4.78 is 31.0. The first-order valence-electron chi connectivity index (χ1n) is 7.96. The van der Waals surface area contributed by atoms with Crippen LogP contribution >= 0.6 is 0 Å². The van der Waals surface area contributed by atoms with E-state index < -0.39 is 10.0 Å². The molecule has 0 aromatic rings. The SMILES string of the molecule is COCCCS(=O)(=O)N1CCN(C[C@H]2CC=CCC2)CC1. The fourth-order valence-electron chi connectivity index (χ4n) is 3.09. The molecular weight excluding hydrogens is 288 g/mol. The van der Waals surface area contributed by atoms with Crippen LogP contribution in [0.25, 0.3) is 0 Å². The molecule has 1 heterocycles. The molecule has 0 unspecified atom stereocenters. The van der Waals surface area contributed by atoms with E-state index >= 15 is 0 Å². The minimum Gasteiger partial charge on any atom is -0.385 e. The summed E-state index contributed by atoms with van der Waals surface area (Å²) in [5, 5.41) is 0. The van der Waals surface area contributed by atoms with Crippen LogP contribution in [0.2, 0.25) is 0 Å². The van der Waals surface area contributed by atoms with E-state index in [1.54, 1.807) is 11.4 Å². The number of hydrogen-bond acceptors (Lipinski definition) is 4. The third-order valence-electron chi connectivity index (χ3n) is 4.37. The topological polar surface area (TPSA) is 49.9 Å². The molecule has 1 saturated heterocycles. The normalized spacial score (nSPS) is 25.3. The van der Waals surface area contributed by atoms with Crippen molar-refractivity contribution in [2.24, 2.45) is 5.92 Å². The van der Waals surface area contributed by atoms with Gasteiger partial charge in [0.25, 0.3) is 0 Å². The molecule has 21 heavy (non-hydrogen) atoms. The van der Waals surface area contributed by atoms with Gasteiger partial charge >= 0.3 is 0 Å². The van der Waals surface area contributed by atoms with Gasteiger partial charge in [-0.1, -0.05) is 12.2 Å². The van der Waals surface area contributed by atoms with Crippen molar-refractivity contribution >= 4 is 10.0 Å². The largest absolute Gasteiger partial charge is 0.385 e. The summed E-state index contributed by atoms with van der Waals surface area (Å²) in [7, 11) is -1.49. The summed E-state index contributed by atoms with van der Waals surface area (Å²) in [5.41, 5.74) is 0. The van der Waals surface area contributed by atoms with Gasteiger partial charge in [0.2, 0.25) is 10.0 Å². The van der Waals surface area contributed by atoms with Crippen LogP contribution < -0.4 is 0 Å². The van der Waals surface area contributed by atoms with Crippen molar-refractivity contribution in [3.05, 3.63) is 12.2 Å². The third-order valence-corrected chi connectivity index (χ3v) is 6.33. The van der Waals surface area contributed by atoms with Crippen molar-refractivity contribution in [2.75, 3.05) is 52.2 Å². The second kappa shape index (κ2) is 8.27. The molecule has 0 saturated carbocycles. The van der Waals surface area contributed by atoms with E-state index in [-0.39, 0.29) is 5.75 Å². The van der Waals surface area contributed by atoms with E-state index in [1.165, 1.54) is 19.3 Å². The first-order chi connectivity index (χ1) is 10.1. The zero-order chi connectivity index (χ0) is 15.1. The number of methoxy groups -OCH3 is 1. The van der Waals surface area contributed by atoms with Crippen LogP contribution in [0.15, 0.2) is 12.2 Å². The van der Waals surface area contributed by atoms with Gasteiger partial charge in [-0.25, -0.2) is 8.42 Å². The molecule has 2 aliphatic rings. The molecule has 1 aliphatic carbocycles. The fraction of sp³-hybridized carbons (Fsp3) is 0.867. The maximum atomic E-state index is 12.2. The zero-order valence-electron chi connectivity index (χ0n) is 13.0. The van der Waals surface area contributed by atoms with E-state index in [0.29, 0.717) is 26.1 Å². The highest BCUT2D eigenvalue weighted by Crippen LogP contribution is 2.20. The number of nitrogens with zero attached hydrogens (tertiary/aromatic N) is 2. The first kappa shape index (κ1) is 16.9. The van der Waals surface area contributed by atoms with Crippen LogP contribution in [-0.4, -0.2) is 69.8 Å². The lowest BCUT2D eigenvalue weighted by Gasteiger charge is -2.36. The van der Waals surface area contributed by atoms with Crippen LogP contribution in [0.4, 0.5) is 0 Å². The van der Waals surface area contributed by atoms with Crippen molar-refractivity contribution in [3.8, 4) is 0 Å². The molecule has 0 amide bonds. The zero-order valence-corrected chi connectivity index (χ0v) is 13.9. The van der Waals surface area contributed by atoms with E-state index in [4.69, 9.17) is 4.74 Å². The Labute approximate surface area is 129 Å². The lowest BCUT2D eigenvalue weighted by atomic mass is 9.94. The molecule has 1 atom stereocenters. The Bertz CT molecular complexity index is 428. The maximum absolute atomic E-state index is 12.2. The molecule has 0 spiro atoms. The third kappa shape index (κ3) is 5.36. The predicted octanol–water partition coefficient (Wildman–Crippen LogP) is 1.33. The average Bonchev–Trinajstić information content (AvgIpc) is 2.49. The van der Waals surface area contributed by atoms with Gasteiger partial charge in [-0.2, -0.15) is 4.31 Å². The van der Waals surface area contributed by atoms with E-state index in [1.807, 2.05) is 0 Å². The van der Waals surface area contributed by atoms with Crippen molar-refractivity contribution in [1.82, 2.24) is 9.21 Å². The Kier molecular flexibility index (Phi) is 6.67. The Hall–Kier alpha value is -0.430. The average molecular weight is 316 g/mol. The van der Waals surface area contributed by atoms with Crippen molar-refractivity contribution < 1.29 is 13.2 Å². The Morgan fingerprint density at radius 3 is 2.57 bits per heavy atom. The van der Waals surface area contributed by atoms with Gasteiger partial charge in [0.05, 0.1) is 5.75 Å². The summed E-state index contributed by atoms with van der Waals surface area (Å²) in [4.78, 5) is 2.42. The molecule has 0 bridgehead atoms. The molecule has 5 nitrogen and oxygen atoms in total. The summed E-state index contributed by atoms with van der Waals surface area (Å²) in [6.07, 6.45) is 8.76. The van der Waals surface area contributed by atoms with Crippen molar-refractivity contribution in [1.29, 1.82) is 0 Å². The van der Waals surface area contributed by atoms with E-state index in [9.17, 15) is 8.42 Å². The van der Waals surface area contributed by atoms with Crippen molar-refractivity contribution in [2.45, 2.75) is 25.7 Å². The standard InChI is InChI=1S/C15H28N2O3S/c1-20-12-5-13-21(18,19)17-10-8-16(9-11-17)14-15-6-3-2-4-7-15/h2-3,15H,4-14H2,1H3/t15-/m0/s1. The summed E-state index contributed by atoms with van der Waals surface area (Å²) >= 11 is 0. The minimum atomic E-state index is -3.10. The highest BCUT2D eigenvalue weighted by Gasteiger charge is 2.27. The van der Waals surface area contributed by atoms with E-state index in [0.717, 1.165) is 25.6 Å². The number of piperazine rings is 1. The van der Waals surface area contributed by atoms with E-state index in [2.05, 4.69) is 17.1 Å². The molecule has 0 aromatic carbocycles. The fourth-order valence-corrected chi connectivity index (χ4v) is 4.55. The highest BCUT2D eigenvalue weighted by atomic mass is 32.2. The second-order valence-electron chi connectivity index (χ2n) is 6.01. The first-order valence-corrected chi connectivity index (χ1v) is 9.57. The van der Waals surface area contributed by atoms with Gasteiger partial charge in [-0.15, -0.1) is 0 Å². The van der Waals surface area contributed by atoms with Gasteiger partial charge < -0.3 is 9.64 Å². The molecule has 1 fully saturated rings. The Balaban J connectivity index is 1.73. The van der Waals surface area contributed by atoms with Crippen LogP contribution in [0, 0.1) is 5.92 Å². The van der Waals surface area contributed by atoms with Gasteiger partial charge in [0.15, 0.2) is 0 Å². The van der Waals surface area contributed by atoms with Crippen molar-refractivity contribution in [3.63, 3.8) is 0 Å². The molecule has 2 rings (SSSR count). The van der Waals surface area contributed by atoms with Gasteiger partial charge in [0.1, 0.15) is 0 Å². The minimum absolute atomic E-state index is 0.203. The van der Waals surface area contributed by atoms with Gasteiger partial charge in [-0.05, 0) is 31.6 Å². The van der Waals surface area contributed by atoms with Gasteiger partial charge in [0, 0.05) is 46.4 Å². The Morgan fingerprint density at radius 1 is 1.19 bits per heavy atom. The van der Waals surface area contributed by atoms with Crippen LogP contribution in [0.1, 0.15) is 25.7 Å². The van der Waals surface area contributed by atoms with Crippen LogP contribution in [0.5, 0.6) is 0 Å². The smallest absolute Gasteiger partial charge is 0.214 e. The lowest BCUT2D eigenvalue weighted by Crippen LogP contribution is -2.50. The molecule has 0 N–H and O–H groups in total. The summed E-state index contributed by atoms with van der Waals surface area (Å²) in [5.74, 6) is 0.953. The number of sulfonamides is 1. The monoisotopic (exact) mass is 316 g/mol. The second-order valence-corrected chi connectivity index (χ2v) is 8.10. The number of ether oxygens (including phenoxy) is 1. The maximum Gasteiger partial charge on any atom is 0.214 e. The lowest BCUT2D eigenvalue weighted by molar-refractivity contribution is 0.160. The molecule has 122 valence electrons. The van der Waals surface area contributed by atoms with Gasteiger partial charge in [-0.3, -0.25) is 0 Å². The highest BCUT2D eigenvalue weighted by molar-refractivity contribution is 7.89. The Morgan fingerprint density at radius 2 is 1.95 bits per heavy atom. The number of allylic oxidation sites excluding steroid dienone is 2.